The number of amides is 1. The minimum atomic E-state index is -0.343. The fraction of sp³-hybridized carbons (Fsp3) is 0.800. The van der Waals surface area contributed by atoms with E-state index in [1.54, 1.807) is 0 Å². The van der Waals surface area contributed by atoms with Crippen LogP contribution in [0.1, 0.15) is 26.7 Å². The minimum Gasteiger partial charge on any atom is -0.469 e. The third-order valence-electron chi connectivity index (χ3n) is 2.39. The lowest BCUT2D eigenvalue weighted by Gasteiger charge is -2.26. The lowest BCUT2D eigenvalue weighted by molar-refractivity contribution is -0.141. The molecule has 0 aromatic carbocycles. The molecule has 0 aliphatic heterocycles. The maximum atomic E-state index is 11.1. The van der Waals surface area contributed by atoms with Crippen molar-refractivity contribution in [2.45, 2.75) is 32.7 Å². The van der Waals surface area contributed by atoms with Crippen LogP contribution in [0.4, 0.5) is 0 Å². The Bertz CT molecular complexity index is 219. The Morgan fingerprint density at radius 3 is 2.33 bits per heavy atom. The van der Waals surface area contributed by atoms with Crippen molar-refractivity contribution in [2.75, 3.05) is 20.2 Å². The number of likely N-dealkylation sites (N-methyl/N-ethyl adjacent to an activating group) is 1. The molecule has 0 aromatic heterocycles. The second-order valence-corrected chi connectivity index (χ2v) is 3.28. The minimum absolute atomic E-state index is 0.271. The fourth-order valence-electron chi connectivity index (χ4n) is 1.51. The summed E-state index contributed by atoms with van der Waals surface area (Å²) in [5.41, 5.74) is 5.27. The summed E-state index contributed by atoms with van der Waals surface area (Å²) in [6.07, 6.45) is 0.943. The Labute approximate surface area is 90.6 Å². The van der Waals surface area contributed by atoms with Gasteiger partial charge in [-0.3, -0.25) is 14.5 Å². The zero-order valence-corrected chi connectivity index (χ0v) is 9.66. The molecule has 1 atom stereocenters. The molecule has 0 aliphatic carbocycles. The molecule has 0 saturated heterocycles. The van der Waals surface area contributed by atoms with Gasteiger partial charge in [-0.15, -0.1) is 0 Å². The van der Waals surface area contributed by atoms with Gasteiger partial charge in [-0.25, -0.2) is 0 Å². The van der Waals surface area contributed by atoms with E-state index in [4.69, 9.17) is 5.73 Å². The van der Waals surface area contributed by atoms with E-state index in [0.717, 1.165) is 0 Å². The van der Waals surface area contributed by atoms with Crippen molar-refractivity contribution >= 4 is 11.9 Å². The Morgan fingerprint density at radius 1 is 1.40 bits per heavy atom. The highest BCUT2D eigenvalue weighted by molar-refractivity contribution is 5.79. The highest BCUT2D eigenvalue weighted by Gasteiger charge is 2.20. The fourth-order valence-corrected chi connectivity index (χ4v) is 1.51. The van der Waals surface area contributed by atoms with Gasteiger partial charge in [0.2, 0.25) is 5.91 Å². The summed E-state index contributed by atoms with van der Waals surface area (Å²) in [5, 5.41) is 0. The number of carbonyl (C=O) groups is 2. The topological polar surface area (TPSA) is 72.6 Å². The van der Waals surface area contributed by atoms with Gasteiger partial charge in [0.05, 0.1) is 19.6 Å². The molecule has 15 heavy (non-hydrogen) atoms. The van der Waals surface area contributed by atoms with Crippen molar-refractivity contribution in [3.8, 4) is 0 Å². The molecule has 5 heteroatoms. The first-order valence-electron chi connectivity index (χ1n) is 5.16. The van der Waals surface area contributed by atoms with Crippen LogP contribution in [-0.4, -0.2) is 43.0 Å². The summed E-state index contributed by atoms with van der Waals surface area (Å²) in [6, 6.07) is -0.292. The van der Waals surface area contributed by atoms with E-state index >= 15 is 0 Å². The van der Waals surface area contributed by atoms with Gasteiger partial charge in [-0.05, 0) is 13.0 Å². The molecule has 88 valence electrons. The molecule has 1 amide bonds. The van der Waals surface area contributed by atoms with Gasteiger partial charge >= 0.3 is 5.97 Å². The van der Waals surface area contributed by atoms with Crippen LogP contribution < -0.4 is 5.73 Å². The Morgan fingerprint density at radius 2 is 2.00 bits per heavy atom. The monoisotopic (exact) mass is 216 g/mol. The normalized spacial score (nSPS) is 12.5. The highest BCUT2D eigenvalue weighted by Crippen LogP contribution is 2.04. The molecule has 0 bridgehead atoms. The first-order valence-corrected chi connectivity index (χ1v) is 5.16. The van der Waals surface area contributed by atoms with Gasteiger partial charge in [0.15, 0.2) is 0 Å². The molecular formula is C10H20N2O3. The van der Waals surface area contributed by atoms with Crippen LogP contribution in [0, 0.1) is 0 Å². The molecule has 0 spiro atoms. The summed E-state index contributed by atoms with van der Waals surface area (Å²) < 4.78 is 4.54. The zero-order chi connectivity index (χ0) is 11.8. The molecule has 2 N–H and O–H groups in total. The van der Waals surface area contributed by atoms with Crippen molar-refractivity contribution in [3.63, 3.8) is 0 Å². The molecule has 0 aromatic rings. The van der Waals surface area contributed by atoms with E-state index in [-0.39, 0.29) is 24.3 Å². The summed E-state index contributed by atoms with van der Waals surface area (Å²) in [4.78, 5) is 23.9. The van der Waals surface area contributed by atoms with Gasteiger partial charge in [0, 0.05) is 6.54 Å². The van der Waals surface area contributed by atoms with Crippen molar-refractivity contribution in [1.82, 2.24) is 4.90 Å². The number of carbonyl (C=O) groups excluding carboxylic acids is 2. The number of nitrogens with zero attached hydrogens (tertiary/aromatic N) is 1. The molecule has 0 heterocycles. The molecule has 5 nitrogen and oxygen atoms in total. The molecule has 1 unspecified atom stereocenters. The number of methoxy groups -OCH3 is 1. The second-order valence-electron chi connectivity index (χ2n) is 3.28. The Balaban J connectivity index is 4.21. The van der Waals surface area contributed by atoms with Crippen LogP contribution in [0.2, 0.25) is 0 Å². The van der Waals surface area contributed by atoms with Gasteiger partial charge in [-0.1, -0.05) is 13.8 Å². The van der Waals surface area contributed by atoms with Crippen molar-refractivity contribution in [1.29, 1.82) is 0 Å². The lowest BCUT2D eigenvalue weighted by Crippen LogP contribution is -2.45. The van der Waals surface area contributed by atoms with E-state index in [2.05, 4.69) is 4.74 Å². The summed E-state index contributed by atoms with van der Waals surface area (Å²) in [5.74, 6) is -0.614. The first-order chi connectivity index (χ1) is 7.06. The highest BCUT2D eigenvalue weighted by atomic mass is 16.5. The number of hydrogen-bond acceptors (Lipinski definition) is 4. The van der Waals surface area contributed by atoms with E-state index in [1.165, 1.54) is 7.11 Å². The quantitative estimate of drug-likeness (QED) is 0.614. The summed E-state index contributed by atoms with van der Waals surface area (Å²) in [7, 11) is 1.35. The average Bonchev–Trinajstić information content (AvgIpc) is 2.22. The Hall–Kier alpha value is -1.10. The number of ether oxygens (including phenoxy) is 1. The van der Waals surface area contributed by atoms with Crippen LogP contribution in [-0.2, 0) is 14.3 Å². The lowest BCUT2D eigenvalue weighted by atomic mass is 10.1. The van der Waals surface area contributed by atoms with Crippen LogP contribution in [0.3, 0.4) is 0 Å². The zero-order valence-electron chi connectivity index (χ0n) is 9.66. The number of hydrogen-bond donors (Lipinski definition) is 1. The van der Waals surface area contributed by atoms with Crippen LogP contribution in [0.15, 0.2) is 0 Å². The number of rotatable bonds is 7. The summed E-state index contributed by atoms with van der Waals surface area (Å²) >= 11 is 0. The van der Waals surface area contributed by atoms with Crippen molar-refractivity contribution in [2.24, 2.45) is 5.73 Å². The maximum Gasteiger partial charge on any atom is 0.306 e. The predicted octanol–water partition coefficient (Wildman–Crippen LogP) is 0.135. The second kappa shape index (κ2) is 7.23. The number of nitrogens with two attached hydrogens (primary N) is 1. The molecular weight excluding hydrogens is 196 g/mol. The molecule has 0 rings (SSSR count). The largest absolute Gasteiger partial charge is 0.469 e. The van der Waals surface area contributed by atoms with Crippen molar-refractivity contribution in [3.05, 3.63) is 0 Å². The van der Waals surface area contributed by atoms with E-state index in [9.17, 15) is 9.59 Å². The third-order valence-corrected chi connectivity index (χ3v) is 2.39. The van der Waals surface area contributed by atoms with Crippen LogP contribution in [0.5, 0.6) is 0 Å². The van der Waals surface area contributed by atoms with Gasteiger partial charge in [0.25, 0.3) is 0 Å². The molecule has 0 radical (unpaired) electrons. The van der Waals surface area contributed by atoms with Gasteiger partial charge in [0.1, 0.15) is 0 Å². The SMILES string of the molecule is CCC(C(N)=O)N(CC)CCC(=O)OC. The third kappa shape index (κ3) is 4.78. The van der Waals surface area contributed by atoms with Crippen molar-refractivity contribution < 1.29 is 14.3 Å². The number of primary amides is 1. The van der Waals surface area contributed by atoms with E-state index < -0.39 is 0 Å². The van der Waals surface area contributed by atoms with Crippen LogP contribution in [0.25, 0.3) is 0 Å². The van der Waals surface area contributed by atoms with E-state index in [1.807, 2.05) is 18.7 Å². The standard InChI is InChI=1S/C10H20N2O3/c1-4-8(10(11)14)12(5-2)7-6-9(13)15-3/h8H,4-7H2,1-3H3,(H2,11,14). The predicted molar refractivity (Wildman–Crippen MR) is 57.2 cm³/mol. The first kappa shape index (κ1) is 13.9. The Kier molecular flexibility index (Phi) is 6.70. The van der Waals surface area contributed by atoms with E-state index in [0.29, 0.717) is 19.5 Å². The maximum absolute atomic E-state index is 11.1. The van der Waals surface area contributed by atoms with Gasteiger partial charge < -0.3 is 10.5 Å². The summed E-state index contributed by atoms with van der Waals surface area (Å²) in [6.45, 7) is 5.03. The molecule has 0 aliphatic rings. The average molecular weight is 216 g/mol. The molecule has 0 saturated carbocycles. The smallest absolute Gasteiger partial charge is 0.306 e. The van der Waals surface area contributed by atoms with Gasteiger partial charge in [-0.2, -0.15) is 0 Å². The van der Waals surface area contributed by atoms with Crippen LogP contribution >= 0.6 is 0 Å². The molecule has 0 fully saturated rings. The number of esters is 1.